The van der Waals surface area contributed by atoms with Crippen LogP contribution in [0.1, 0.15) is 50.4 Å². The van der Waals surface area contributed by atoms with Gasteiger partial charge in [-0.15, -0.1) is 0 Å². The Balaban J connectivity index is 2.18. The number of carbonyl (C=O) groups excluding carboxylic acids is 1. The lowest BCUT2D eigenvalue weighted by atomic mass is 9.81. The summed E-state index contributed by atoms with van der Waals surface area (Å²) >= 11 is 1.31. The summed E-state index contributed by atoms with van der Waals surface area (Å²) in [7, 11) is 0. The van der Waals surface area contributed by atoms with Crippen molar-refractivity contribution >= 4 is 28.2 Å². The van der Waals surface area contributed by atoms with Gasteiger partial charge >= 0.3 is 5.97 Å². The SMILES string of the molecule is CC1=C(C(=O)OC(C)(C)C)C(c2cccc([N+](=O)[O-])c2)c2c(C)nsc2N1. The van der Waals surface area contributed by atoms with Gasteiger partial charge in [0.15, 0.2) is 0 Å². The summed E-state index contributed by atoms with van der Waals surface area (Å²) in [6, 6.07) is 6.37. The zero-order valence-corrected chi connectivity index (χ0v) is 16.6. The van der Waals surface area contributed by atoms with Crippen LogP contribution >= 0.6 is 11.5 Å². The average Bonchev–Trinajstić information content (AvgIpc) is 2.92. The van der Waals surface area contributed by atoms with Crippen LogP contribution in [0.2, 0.25) is 0 Å². The number of nitrogens with one attached hydrogen (secondary N) is 1. The second kappa shape index (κ2) is 6.77. The molecule has 1 aromatic heterocycles. The van der Waals surface area contributed by atoms with E-state index in [0.29, 0.717) is 16.8 Å². The molecule has 0 bridgehead atoms. The van der Waals surface area contributed by atoms with E-state index in [-0.39, 0.29) is 5.69 Å². The van der Waals surface area contributed by atoms with E-state index in [1.807, 2.05) is 34.6 Å². The van der Waals surface area contributed by atoms with Gasteiger partial charge in [0.1, 0.15) is 10.6 Å². The fourth-order valence-electron chi connectivity index (χ4n) is 3.16. The second-order valence-corrected chi connectivity index (χ2v) is 8.23. The molecule has 1 aliphatic heterocycles. The van der Waals surface area contributed by atoms with Crippen LogP contribution in [0.3, 0.4) is 0 Å². The molecular weight excluding hydrogens is 366 g/mol. The number of aryl methyl sites for hydroxylation is 1. The van der Waals surface area contributed by atoms with Crippen LogP contribution < -0.4 is 5.32 Å². The Morgan fingerprint density at radius 1 is 1.33 bits per heavy atom. The highest BCUT2D eigenvalue weighted by Crippen LogP contribution is 2.46. The number of ether oxygens (including phenoxy) is 1. The van der Waals surface area contributed by atoms with Gasteiger partial charge in [-0.1, -0.05) is 12.1 Å². The van der Waals surface area contributed by atoms with Crippen molar-refractivity contribution in [2.24, 2.45) is 0 Å². The highest BCUT2D eigenvalue weighted by atomic mass is 32.1. The number of fused-ring (bicyclic) bond motifs is 1. The molecule has 1 aliphatic rings. The molecular formula is C19H21N3O4S. The average molecular weight is 387 g/mol. The predicted octanol–water partition coefficient (Wildman–Crippen LogP) is 4.53. The molecule has 3 rings (SSSR count). The van der Waals surface area contributed by atoms with Crippen LogP contribution in [0, 0.1) is 17.0 Å². The largest absolute Gasteiger partial charge is 0.457 e. The van der Waals surface area contributed by atoms with Crippen molar-refractivity contribution < 1.29 is 14.5 Å². The number of nitro benzene ring substituents is 1. The molecule has 0 spiro atoms. The Bertz CT molecular complexity index is 956. The van der Waals surface area contributed by atoms with Crippen molar-refractivity contribution in [1.82, 2.24) is 4.37 Å². The molecule has 1 unspecified atom stereocenters. The van der Waals surface area contributed by atoms with E-state index in [1.54, 1.807) is 12.1 Å². The lowest BCUT2D eigenvalue weighted by Crippen LogP contribution is -2.30. The number of anilines is 1. The standard InChI is InChI=1S/C19H21N3O4S/c1-10-15(18(23)26-19(3,4)5)16(14-11(2)21-27-17(14)20-10)12-7-6-8-13(9-12)22(24)25/h6-9,16,20H,1-5H3. The number of benzene rings is 1. The van der Waals surface area contributed by atoms with Gasteiger partial charge in [-0.05, 0) is 51.7 Å². The molecule has 8 heteroatoms. The molecule has 27 heavy (non-hydrogen) atoms. The maximum Gasteiger partial charge on any atom is 0.337 e. The van der Waals surface area contributed by atoms with Crippen molar-refractivity contribution in [3.8, 4) is 0 Å². The summed E-state index contributed by atoms with van der Waals surface area (Å²) in [5.74, 6) is -0.921. The van der Waals surface area contributed by atoms with Crippen molar-refractivity contribution in [1.29, 1.82) is 0 Å². The molecule has 1 atom stereocenters. The monoisotopic (exact) mass is 387 g/mol. The van der Waals surface area contributed by atoms with Gasteiger partial charge in [0.2, 0.25) is 0 Å². The zero-order chi connectivity index (χ0) is 19.9. The van der Waals surface area contributed by atoms with E-state index in [0.717, 1.165) is 16.3 Å². The molecule has 2 aromatic rings. The number of aromatic nitrogens is 1. The Hall–Kier alpha value is -2.74. The zero-order valence-electron chi connectivity index (χ0n) is 15.8. The first-order valence-electron chi connectivity index (χ1n) is 8.50. The van der Waals surface area contributed by atoms with Gasteiger partial charge in [-0.25, -0.2) is 4.79 Å². The van der Waals surface area contributed by atoms with Crippen LogP contribution in [0.5, 0.6) is 0 Å². The number of allylic oxidation sites excluding steroid dienone is 1. The Labute approximate surface area is 161 Å². The smallest absolute Gasteiger partial charge is 0.337 e. The number of hydrogen-bond acceptors (Lipinski definition) is 7. The molecule has 1 N–H and O–H groups in total. The van der Waals surface area contributed by atoms with E-state index in [9.17, 15) is 14.9 Å². The Kier molecular flexibility index (Phi) is 4.77. The molecule has 0 saturated heterocycles. The minimum atomic E-state index is -0.653. The molecule has 2 heterocycles. The lowest BCUT2D eigenvalue weighted by Gasteiger charge is -2.30. The first kappa shape index (κ1) is 19.0. The number of rotatable bonds is 3. The number of non-ortho nitro benzene ring substituents is 1. The first-order valence-corrected chi connectivity index (χ1v) is 9.27. The summed E-state index contributed by atoms with van der Waals surface area (Å²) in [6.07, 6.45) is 0. The van der Waals surface area contributed by atoms with Gasteiger partial charge in [0, 0.05) is 29.3 Å². The predicted molar refractivity (Wildman–Crippen MR) is 104 cm³/mol. The summed E-state index contributed by atoms with van der Waals surface area (Å²) < 4.78 is 10.0. The molecule has 0 aliphatic carbocycles. The minimum absolute atomic E-state index is 0.0189. The maximum absolute atomic E-state index is 13.0. The number of nitrogens with zero attached hydrogens (tertiary/aromatic N) is 2. The third-order valence-corrected chi connectivity index (χ3v) is 5.09. The Morgan fingerprint density at radius 2 is 2.04 bits per heavy atom. The maximum atomic E-state index is 13.0. The fraction of sp³-hybridized carbons (Fsp3) is 0.368. The molecule has 0 fully saturated rings. The second-order valence-electron chi connectivity index (χ2n) is 7.46. The van der Waals surface area contributed by atoms with Crippen LogP contribution in [-0.2, 0) is 9.53 Å². The highest BCUT2D eigenvalue weighted by Gasteiger charge is 2.37. The summed E-state index contributed by atoms with van der Waals surface area (Å²) in [5.41, 5.74) is 2.74. The highest BCUT2D eigenvalue weighted by molar-refractivity contribution is 7.10. The number of hydrogen-bond donors (Lipinski definition) is 1. The summed E-state index contributed by atoms with van der Waals surface area (Å²) in [4.78, 5) is 23.8. The van der Waals surface area contributed by atoms with Crippen LogP contribution in [0.15, 0.2) is 35.5 Å². The van der Waals surface area contributed by atoms with Crippen LogP contribution in [0.25, 0.3) is 0 Å². The number of nitro groups is 1. The van der Waals surface area contributed by atoms with E-state index in [2.05, 4.69) is 9.69 Å². The molecule has 0 saturated carbocycles. The molecule has 0 amide bonds. The third kappa shape index (κ3) is 3.71. The van der Waals surface area contributed by atoms with Crippen molar-refractivity contribution in [3.63, 3.8) is 0 Å². The molecule has 1 aromatic carbocycles. The van der Waals surface area contributed by atoms with Crippen molar-refractivity contribution in [2.45, 2.75) is 46.1 Å². The van der Waals surface area contributed by atoms with Gasteiger partial charge in [-0.2, -0.15) is 4.37 Å². The minimum Gasteiger partial charge on any atom is -0.457 e. The van der Waals surface area contributed by atoms with Gasteiger partial charge in [-0.3, -0.25) is 10.1 Å². The quantitative estimate of drug-likeness (QED) is 0.472. The third-order valence-electron chi connectivity index (χ3n) is 4.22. The first-order chi connectivity index (χ1) is 12.6. The Morgan fingerprint density at radius 3 is 2.67 bits per heavy atom. The molecule has 0 radical (unpaired) electrons. The van der Waals surface area contributed by atoms with Gasteiger partial charge in [0.05, 0.1) is 16.2 Å². The fourth-order valence-corrected chi connectivity index (χ4v) is 4.05. The van der Waals surface area contributed by atoms with E-state index >= 15 is 0 Å². The van der Waals surface area contributed by atoms with Gasteiger partial charge in [0.25, 0.3) is 5.69 Å². The number of esters is 1. The summed E-state index contributed by atoms with van der Waals surface area (Å²) in [6.45, 7) is 9.10. The molecule has 142 valence electrons. The molecule has 7 nitrogen and oxygen atoms in total. The number of carbonyl (C=O) groups is 1. The topological polar surface area (TPSA) is 94.4 Å². The van der Waals surface area contributed by atoms with E-state index in [1.165, 1.54) is 23.7 Å². The van der Waals surface area contributed by atoms with Gasteiger partial charge < -0.3 is 10.1 Å². The van der Waals surface area contributed by atoms with Crippen molar-refractivity contribution in [3.05, 3.63) is 62.5 Å². The van der Waals surface area contributed by atoms with E-state index in [4.69, 9.17) is 4.74 Å². The normalized spacial score (nSPS) is 16.6. The van der Waals surface area contributed by atoms with Crippen LogP contribution in [-0.4, -0.2) is 20.9 Å². The van der Waals surface area contributed by atoms with Crippen LogP contribution in [0.4, 0.5) is 10.7 Å². The van der Waals surface area contributed by atoms with Crippen molar-refractivity contribution in [2.75, 3.05) is 5.32 Å². The van der Waals surface area contributed by atoms with E-state index < -0.39 is 22.4 Å². The summed E-state index contributed by atoms with van der Waals surface area (Å²) in [5, 5.41) is 15.3. The lowest BCUT2D eigenvalue weighted by molar-refractivity contribution is -0.384.